The summed E-state index contributed by atoms with van der Waals surface area (Å²) < 4.78 is 0. The van der Waals surface area contributed by atoms with E-state index in [-0.39, 0.29) is 11.9 Å². The van der Waals surface area contributed by atoms with E-state index < -0.39 is 5.38 Å². The maximum absolute atomic E-state index is 12.3. The van der Waals surface area contributed by atoms with E-state index in [1.807, 2.05) is 42.2 Å². The number of halogens is 1. The topological polar surface area (TPSA) is 20.3 Å². The molecule has 0 aliphatic rings. The first-order valence-corrected chi connectivity index (χ1v) is 6.54. The minimum Gasteiger partial charge on any atom is -0.339 e. The first kappa shape index (κ1) is 14.0. The Labute approximate surface area is 109 Å². The molecule has 2 nitrogen and oxygen atoms in total. The zero-order valence-corrected chi connectivity index (χ0v) is 11.4. The Morgan fingerprint density at radius 3 is 2.35 bits per heavy atom. The maximum atomic E-state index is 12.3. The van der Waals surface area contributed by atoms with Crippen LogP contribution in [0.15, 0.2) is 30.3 Å². The van der Waals surface area contributed by atoms with Crippen molar-refractivity contribution in [3.05, 3.63) is 35.9 Å². The van der Waals surface area contributed by atoms with Crippen LogP contribution in [0.25, 0.3) is 0 Å². The number of likely N-dealkylation sites (N-methyl/N-ethyl adjacent to an activating group) is 1. The monoisotopic (exact) mass is 253 g/mol. The van der Waals surface area contributed by atoms with Gasteiger partial charge in [0.2, 0.25) is 5.91 Å². The molecule has 0 fully saturated rings. The molecule has 1 rings (SSSR count). The summed E-state index contributed by atoms with van der Waals surface area (Å²) in [5, 5.41) is -0.579. The van der Waals surface area contributed by atoms with Gasteiger partial charge in [0, 0.05) is 12.6 Å². The summed E-state index contributed by atoms with van der Waals surface area (Å²) in [7, 11) is 0. The molecule has 94 valence electrons. The number of carbonyl (C=O) groups is 1. The van der Waals surface area contributed by atoms with Crippen molar-refractivity contribution in [3.63, 3.8) is 0 Å². The van der Waals surface area contributed by atoms with E-state index in [2.05, 4.69) is 13.8 Å². The molecular weight excluding hydrogens is 234 g/mol. The highest BCUT2D eigenvalue weighted by Gasteiger charge is 2.25. The van der Waals surface area contributed by atoms with E-state index in [0.717, 1.165) is 12.0 Å². The Morgan fingerprint density at radius 2 is 1.88 bits per heavy atom. The largest absolute Gasteiger partial charge is 0.339 e. The fourth-order valence-corrected chi connectivity index (χ4v) is 2.09. The second-order valence-electron chi connectivity index (χ2n) is 4.15. The molecule has 17 heavy (non-hydrogen) atoms. The predicted octanol–water partition coefficient (Wildman–Crippen LogP) is 3.61. The van der Waals surface area contributed by atoms with Crippen LogP contribution in [0.1, 0.15) is 38.1 Å². The second-order valence-corrected chi connectivity index (χ2v) is 4.59. The molecule has 0 aromatic heterocycles. The number of hydrogen-bond acceptors (Lipinski definition) is 1. The van der Waals surface area contributed by atoms with Gasteiger partial charge in [-0.25, -0.2) is 0 Å². The molecule has 2 unspecified atom stereocenters. The van der Waals surface area contributed by atoms with E-state index >= 15 is 0 Å². The molecule has 0 aliphatic carbocycles. The van der Waals surface area contributed by atoms with Crippen LogP contribution in [0, 0.1) is 0 Å². The minimum atomic E-state index is -0.579. The van der Waals surface area contributed by atoms with Crippen molar-refractivity contribution < 1.29 is 4.79 Å². The van der Waals surface area contributed by atoms with Crippen LogP contribution in [0.4, 0.5) is 0 Å². The first-order valence-electron chi connectivity index (χ1n) is 6.11. The Balaban J connectivity index is 2.81. The van der Waals surface area contributed by atoms with Crippen LogP contribution >= 0.6 is 11.6 Å². The van der Waals surface area contributed by atoms with Gasteiger partial charge in [0.1, 0.15) is 5.38 Å². The number of benzene rings is 1. The lowest BCUT2D eigenvalue weighted by atomic mass is 10.1. The molecular formula is C14H20ClNO. The quantitative estimate of drug-likeness (QED) is 0.734. The molecule has 1 aromatic rings. The Bertz CT molecular complexity index is 352. The van der Waals surface area contributed by atoms with Crippen LogP contribution in [-0.2, 0) is 4.79 Å². The average Bonchev–Trinajstić information content (AvgIpc) is 2.39. The molecule has 2 atom stereocenters. The smallest absolute Gasteiger partial charge is 0.245 e. The van der Waals surface area contributed by atoms with Gasteiger partial charge >= 0.3 is 0 Å². The van der Waals surface area contributed by atoms with Crippen molar-refractivity contribution in [1.82, 2.24) is 4.90 Å². The zero-order chi connectivity index (χ0) is 12.8. The number of rotatable bonds is 5. The number of carbonyl (C=O) groups excluding carboxylic acids is 1. The van der Waals surface area contributed by atoms with Gasteiger partial charge in [-0.15, -0.1) is 11.6 Å². The molecule has 0 heterocycles. The zero-order valence-electron chi connectivity index (χ0n) is 10.7. The molecule has 3 heteroatoms. The third-order valence-electron chi connectivity index (χ3n) is 3.06. The Morgan fingerprint density at radius 1 is 1.29 bits per heavy atom. The van der Waals surface area contributed by atoms with Gasteiger partial charge in [0.05, 0.1) is 0 Å². The molecule has 0 radical (unpaired) electrons. The summed E-state index contributed by atoms with van der Waals surface area (Å²) in [6.45, 7) is 6.81. The van der Waals surface area contributed by atoms with Crippen molar-refractivity contribution in [2.45, 2.75) is 38.6 Å². The average molecular weight is 254 g/mol. The lowest BCUT2D eigenvalue weighted by molar-refractivity contribution is -0.132. The summed E-state index contributed by atoms with van der Waals surface area (Å²) in [5.41, 5.74) is 0.862. The van der Waals surface area contributed by atoms with Gasteiger partial charge in [-0.3, -0.25) is 4.79 Å². The van der Waals surface area contributed by atoms with Crippen molar-refractivity contribution >= 4 is 17.5 Å². The SMILES string of the molecule is CCC(C)N(CC)C(=O)C(Cl)c1ccccc1. The molecule has 0 saturated heterocycles. The van der Waals surface area contributed by atoms with Crippen molar-refractivity contribution in [3.8, 4) is 0 Å². The molecule has 0 saturated carbocycles. The molecule has 0 N–H and O–H groups in total. The standard InChI is InChI=1S/C14H20ClNO/c1-4-11(3)16(5-2)14(17)13(15)12-9-7-6-8-10-12/h6-11,13H,4-5H2,1-3H3. The highest BCUT2D eigenvalue weighted by molar-refractivity contribution is 6.30. The first-order chi connectivity index (χ1) is 8.11. The lowest BCUT2D eigenvalue weighted by Gasteiger charge is -2.29. The minimum absolute atomic E-state index is 0.00489. The van der Waals surface area contributed by atoms with Crippen molar-refractivity contribution in [1.29, 1.82) is 0 Å². The van der Waals surface area contributed by atoms with Crippen LogP contribution in [-0.4, -0.2) is 23.4 Å². The summed E-state index contributed by atoms with van der Waals surface area (Å²) in [6, 6.07) is 9.73. The molecule has 1 amide bonds. The van der Waals surface area contributed by atoms with E-state index in [0.29, 0.717) is 6.54 Å². The molecule has 0 aliphatic heterocycles. The van der Waals surface area contributed by atoms with Crippen molar-refractivity contribution in [2.24, 2.45) is 0 Å². The Kier molecular flexibility index (Phi) is 5.49. The van der Waals surface area contributed by atoms with Crippen molar-refractivity contribution in [2.75, 3.05) is 6.54 Å². The molecule has 0 bridgehead atoms. The van der Waals surface area contributed by atoms with Gasteiger partial charge in [-0.1, -0.05) is 37.3 Å². The van der Waals surface area contributed by atoms with Crippen LogP contribution in [0.2, 0.25) is 0 Å². The van der Waals surface area contributed by atoms with Gasteiger partial charge in [-0.05, 0) is 25.8 Å². The predicted molar refractivity (Wildman–Crippen MR) is 72.2 cm³/mol. The fraction of sp³-hybridized carbons (Fsp3) is 0.500. The highest BCUT2D eigenvalue weighted by atomic mass is 35.5. The highest BCUT2D eigenvalue weighted by Crippen LogP contribution is 2.24. The van der Waals surface area contributed by atoms with Gasteiger partial charge in [0.15, 0.2) is 0 Å². The van der Waals surface area contributed by atoms with Gasteiger partial charge in [0.25, 0.3) is 0 Å². The molecule has 0 spiro atoms. The lowest BCUT2D eigenvalue weighted by Crippen LogP contribution is -2.39. The van der Waals surface area contributed by atoms with Crippen LogP contribution < -0.4 is 0 Å². The number of hydrogen-bond donors (Lipinski definition) is 0. The van der Waals surface area contributed by atoms with E-state index in [1.54, 1.807) is 0 Å². The second kappa shape index (κ2) is 6.65. The summed E-state index contributed by atoms with van der Waals surface area (Å²) in [4.78, 5) is 14.1. The normalized spacial score (nSPS) is 14.1. The summed E-state index contributed by atoms with van der Waals surface area (Å²) in [6.07, 6.45) is 0.942. The van der Waals surface area contributed by atoms with Gasteiger partial charge < -0.3 is 4.90 Å². The number of nitrogens with zero attached hydrogens (tertiary/aromatic N) is 1. The van der Waals surface area contributed by atoms with Gasteiger partial charge in [-0.2, -0.15) is 0 Å². The van der Waals surface area contributed by atoms with Crippen LogP contribution in [0.5, 0.6) is 0 Å². The summed E-state index contributed by atoms with van der Waals surface area (Å²) in [5.74, 6) is -0.00489. The number of alkyl halides is 1. The summed E-state index contributed by atoms with van der Waals surface area (Å²) >= 11 is 6.24. The Hall–Kier alpha value is -1.02. The number of amides is 1. The fourth-order valence-electron chi connectivity index (χ4n) is 1.82. The third kappa shape index (κ3) is 3.47. The third-order valence-corrected chi connectivity index (χ3v) is 3.49. The maximum Gasteiger partial charge on any atom is 0.245 e. The van der Waals surface area contributed by atoms with E-state index in [9.17, 15) is 4.79 Å². The van der Waals surface area contributed by atoms with E-state index in [1.165, 1.54) is 0 Å². The van der Waals surface area contributed by atoms with Crippen LogP contribution in [0.3, 0.4) is 0 Å². The van der Waals surface area contributed by atoms with E-state index in [4.69, 9.17) is 11.6 Å². The molecule has 1 aromatic carbocycles.